The Balaban J connectivity index is 2.17. The number of hydrogen-bond acceptors (Lipinski definition) is 2. The maximum atomic E-state index is 12.3. The van der Waals surface area contributed by atoms with Crippen molar-refractivity contribution < 1.29 is 9.59 Å². The highest BCUT2D eigenvalue weighted by Gasteiger charge is 2.20. The molecule has 1 saturated heterocycles. The van der Waals surface area contributed by atoms with Gasteiger partial charge in [0.05, 0.1) is 0 Å². The summed E-state index contributed by atoms with van der Waals surface area (Å²) in [6.07, 6.45) is 0.360. The third kappa shape index (κ3) is 2.82. The largest absolute Gasteiger partial charge is 0.354 e. The van der Waals surface area contributed by atoms with E-state index in [0.717, 1.165) is 5.56 Å². The summed E-state index contributed by atoms with van der Waals surface area (Å²) in [4.78, 5) is 25.3. The molecule has 96 valence electrons. The standard InChI is InChI=1S/C13H15ClN2O2/c1-9-8-10(14)2-3-11(9)13(18)16-6-4-12(17)15-5-7-16/h2-3,8H,4-7H2,1H3,(H,15,17). The van der Waals surface area contributed by atoms with E-state index in [4.69, 9.17) is 11.6 Å². The monoisotopic (exact) mass is 266 g/mol. The number of rotatable bonds is 1. The van der Waals surface area contributed by atoms with Crippen LogP contribution in [0.3, 0.4) is 0 Å². The first-order valence-corrected chi connectivity index (χ1v) is 6.28. The maximum Gasteiger partial charge on any atom is 0.254 e. The van der Waals surface area contributed by atoms with Gasteiger partial charge in [-0.3, -0.25) is 9.59 Å². The molecule has 0 aliphatic carbocycles. The fourth-order valence-corrected chi connectivity index (χ4v) is 2.23. The lowest BCUT2D eigenvalue weighted by molar-refractivity contribution is -0.120. The zero-order chi connectivity index (χ0) is 13.1. The quantitative estimate of drug-likeness (QED) is 0.840. The molecule has 0 bridgehead atoms. The molecule has 1 fully saturated rings. The smallest absolute Gasteiger partial charge is 0.254 e. The first-order valence-electron chi connectivity index (χ1n) is 5.90. The molecular formula is C13H15ClN2O2. The van der Waals surface area contributed by atoms with E-state index in [0.29, 0.717) is 36.6 Å². The summed E-state index contributed by atoms with van der Waals surface area (Å²) in [5.74, 6) is -0.0428. The molecule has 0 aromatic heterocycles. The molecule has 5 heteroatoms. The zero-order valence-corrected chi connectivity index (χ0v) is 11.0. The lowest BCUT2D eigenvalue weighted by Crippen LogP contribution is -2.34. The minimum absolute atomic E-state index is 0.00173. The molecule has 1 heterocycles. The Kier molecular flexibility index (Phi) is 3.87. The molecule has 18 heavy (non-hydrogen) atoms. The fourth-order valence-electron chi connectivity index (χ4n) is 2.01. The summed E-state index contributed by atoms with van der Waals surface area (Å²) in [6, 6.07) is 5.22. The number of benzene rings is 1. The van der Waals surface area contributed by atoms with Crippen LogP contribution in [0.1, 0.15) is 22.3 Å². The number of carbonyl (C=O) groups is 2. The van der Waals surface area contributed by atoms with E-state index in [1.54, 1.807) is 23.1 Å². The first-order chi connectivity index (χ1) is 8.58. The second-order valence-electron chi connectivity index (χ2n) is 4.35. The maximum absolute atomic E-state index is 12.3. The van der Waals surface area contributed by atoms with Gasteiger partial charge in [-0.2, -0.15) is 0 Å². The van der Waals surface area contributed by atoms with Gasteiger partial charge in [0.15, 0.2) is 0 Å². The molecule has 1 N–H and O–H groups in total. The van der Waals surface area contributed by atoms with E-state index < -0.39 is 0 Å². The van der Waals surface area contributed by atoms with Gasteiger partial charge in [-0.1, -0.05) is 11.6 Å². The van der Waals surface area contributed by atoms with Crippen LogP contribution in [0.15, 0.2) is 18.2 Å². The normalized spacial score (nSPS) is 16.1. The predicted molar refractivity (Wildman–Crippen MR) is 69.7 cm³/mol. The number of nitrogens with one attached hydrogen (secondary N) is 1. The van der Waals surface area contributed by atoms with Gasteiger partial charge >= 0.3 is 0 Å². The highest BCUT2D eigenvalue weighted by atomic mass is 35.5. The molecule has 0 atom stereocenters. The van der Waals surface area contributed by atoms with Crippen molar-refractivity contribution in [2.24, 2.45) is 0 Å². The van der Waals surface area contributed by atoms with Gasteiger partial charge in [0.2, 0.25) is 5.91 Å². The van der Waals surface area contributed by atoms with E-state index in [9.17, 15) is 9.59 Å². The van der Waals surface area contributed by atoms with Crippen LogP contribution in [0.25, 0.3) is 0 Å². The number of nitrogens with zero attached hydrogens (tertiary/aromatic N) is 1. The minimum Gasteiger partial charge on any atom is -0.354 e. The molecule has 2 amide bonds. The first kappa shape index (κ1) is 12.9. The summed E-state index contributed by atoms with van der Waals surface area (Å²) >= 11 is 5.87. The van der Waals surface area contributed by atoms with Gasteiger partial charge in [-0.05, 0) is 30.7 Å². The van der Waals surface area contributed by atoms with Crippen LogP contribution < -0.4 is 5.32 Å². The molecule has 4 nitrogen and oxygen atoms in total. The Hall–Kier alpha value is -1.55. The van der Waals surface area contributed by atoms with Gasteiger partial charge in [-0.25, -0.2) is 0 Å². The van der Waals surface area contributed by atoms with Crippen LogP contribution in [0, 0.1) is 6.92 Å². The van der Waals surface area contributed by atoms with Crippen molar-refractivity contribution in [2.75, 3.05) is 19.6 Å². The molecule has 0 radical (unpaired) electrons. The molecule has 1 aromatic rings. The molecule has 1 aliphatic heterocycles. The van der Waals surface area contributed by atoms with Crippen molar-refractivity contribution in [3.05, 3.63) is 34.3 Å². The highest BCUT2D eigenvalue weighted by molar-refractivity contribution is 6.30. The number of halogens is 1. The van der Waals surface area contributed by atoms with Gasteiger partial charge in [0.1, 0.15) is 0 Å². The van der Waals surface area contributed by atoms with E-state index >= 15 is 0 Å². The summed E-state index contributed by atoms with van der Waals surface area (Å²) < 4.78 is 0. The Bertz CT molecular complexity index is 488. The molecular weight excluding hydrogens is 252 g/mol. The van der Waals surface area contributed by atoms with Crippen LogP contribution in [-0.4, -0.2) is 36.3 Å². The Morgan fingerprint density at radius 1 is 1.39 bits per heavy atom. The van der Waals surface area contributed by atoms with Gasteiger partial charge in [0.25, 0.3) is 5.91 Å². The minimum atomic E-state index is -0.0410. The lowest BCUT2D eigenvalue weighted by atomic mass is 10.1. The number of hydrogen-bond donors (Lipinski definition) is 1. The zero-order valence-electron chi connectivity index (χ0n) is 10.2. The van der Waals surface area contributed by atoms with E-state index in [1.165, 1.54) is 0 Å². The van der Waals surface area contributed by atoms with Crippen LogP contribution in [-0.2, 0) is 4.79 Å². The number of aryl methyl sites for hydroxylation is 1. The number of carbonyl (C=O) groups excluding carboxylic acids is 2. The Morgan fingerprint density at radius 2 is 2.17 bits per heavy atom. The van der Waals surface area contributed by atoms with Crippen molar-refractivity contribution in [3.8, 4) is 0 Å². The highest BCUT2D eigenvalue weighted by Crippen LogP contribution is 2.17. The summed E-state index contributed by atoms with van der Waals surface area (Å²) in [5.41, 5.74) is 1.50. The van der Waals surface area contributed by atoms with E-state index in [2.05, 4.69) is 5.32 Å². The fraction of sp³-hybridized carbons (Fsp3) is 0.385. The van der Waals surface area contributed by atoms with Crippen LogP contribution in [0.5, 0.6) is 0 Å². The lowest BCUT2D eigenvalue weighted by Gasteiger charge is -2.20. The van der Waals surface area contributed by atoms with Crippen molar-refractivity contribution in [3.63, 3.8) is 0 Å². The predicted octanol–water partition coefficient (Wildman–Crippen LogP) is 1.61. The Labute approximate surface area is 111 Å². The van der Waals surface area contributed by atoms with Crippen molar-refractivity contribution >= 4 is 23.4 Å². The van der Waals surface area contributed by atoms with Gasteiger partial charge in [-0.15, -0.1) is 0 Å². The van der Waals surface area contributed by atoms with E-state index in [1.807, 2.05) is 6.92 Å². The average molecular weight is 267 g/mol. The molecule has 1 aliphatic rings. The Morgan fingerprint density at radius 3 is 2.89 bits per heavy atom. The van der Waals surface area contributed by atoms with E-state index in [-0.39, 0.29) is 11.8 Å². The molecule has 0 spiro atoms. The molecule has 1 aromatic carbocycles. The van der Waals surface area contributed by atoms with Crippen LogP contribution in [0.2, 0.25) is 5.02 Å². The molecule has 0 saturated carbocycles. The summed E-state index contributed by atoms with van der Waals surface area (Å²) in [5, 5.41) is 3.37. The molecule has 0 unspecified atom stereocenters. The topological polar surface area (TPSA) is 49.4 Å². The van der Waals surface area contributed by atoms with Gasteiger partial charge in [0, 0.05) is 36.6 Å². The summed E-state index contributed by atoms with van der Waals surface area (Å²) in [6.45, 7) is 3.39. The molecule has 2 rings (SSSR count). The second kappa shape index (κ2) is 5.40. The average Bonchev–Trinajstić information content (AvgIpc) is 2.53. The third-order valence-corrected chi connectivity index (χ3v) is 3.25. The van der Waals surface area contributed by atoms with Crippen molar-refractivity contribution in [2.45, 2.75) is 13.3 Å². The van der Waals surface area contributed by atoms with Gasteiger partial charge < -0.3 is 10.2 Å². The van der Waals surface area contributed by atoms with Crippen molar-refractivity contribution in [1.29, 1.82) is 0 Å². The van der Waals surface area contributed by atoms with Crippen molar-refractivity contribution in [1.82, 2.24) is 10.2 Å². The van der Waals surface area contributed by atoms with Crippen LogP contribution in [0.4, 0.5) is 0 Å². The SMILES string of the molecule is Cc1cc(Cl)ccc1C(=O)N1CCNC(=O)CC1. The summed E-state index contributed by atoms with van der Waals surface area (Å²) in [7, 11) is 0. The van der Waals surface area contributed by atoms with Crippen LogP contribution >= 0.6 is 11.6 Å². The second-order valence-corrected chi connectivity index (χ2v) is 4.79. The third-order valence-electron chi connectivity index (χ3n) is 3.02. The number of amides is 2.